The second-order valence-corrected chi connectivity index (χ2v) is 4.56. The Balaban J connectivity index is 2.20. The van der Waals surface area contributed by atoms with Crippen molar-refractivity contribution in [3.63, 3.8) is 0 Å². The molecule has 0 fully saturated rings. The number of anilines is 2. The fourth-order valence-electron chi connectivity index (χ4n) is 1.87. The van der Waals surface area contributed by atoms with Gasteiger partial charge in [-0.2, -0.15) is 0 Å². The molecular weight excluding hydrogens is 276 g/mol. The number of nitrogens with zero attached hydrogens (tertiary/aromatic N) is 2. The van der Waals surface area contributed by atoms with Crippen molar-refractivity contribution in [2.45, 2.75) is 26.8 Å². The molecule has 0 saturated carbocycles. The second kappa shape index (κ2) is 6.45. The first-order chi connectivity index (χ1) is 10.0. The van der Waals surface area contributed by atoms with Crippen LogP contribution in [0.25, 0.3) is 0 Å². The van der Waals surface area contributed by atoms with Crippen molar-refractivity contribution in [1.29, 1.82) is 0 Å². The van der Waals surface area contributed by atoms with Gasteiger partial charge in [0, 0.05) is 18.5 Å². The number of benzene rings is 1. The van der Waals surface area contributed by atoms with Gasteiger partial charge < -0.3 is 10.7 Å². The zero-order valence-corrected chi connectivity index (χ0v) is 11.9. The van der Waals surface area contributed by atoms with Gasteiger partial charge in [-0.15, -0.1) is 0 Å². The lowest BCUT2D eigenvalue weighted by atomic mass is 10.2. The van der Waals surface area contributed by atoms with Gasteiger partial charge in [-0.05, 0) is 24.6 Å². The van der Waals surface area contributed by atoms with Gasteiger partial charge >= 0.3 is 0 Å². The van der Waals surface area contributed by atoms with Crippen molar-refractivity contribution in [2.75, 3.05) is 10.7 Å². The van der Waals surface area contributed by atoms with Gasteiger partial charge in [0.25, 0.3) is 0 Å². The smallest absolute Gasteiger partial charge is 0.159 e. The van der Waals surface area contributed by atoms with E-state index in [0.29, 0.717) is 36.0 Å². The highest BCUT2D eigenvalue weighted by Crippen LogP contribution is 2.20. The van der Waals surface area contributed by atoms with E-state index in [1.807, 2.05) is 13.8 Å². The van der Waals surface area contributed by atoms with Crippen molar-refractivity contribution in [2.24, 2.45) is 5.84 Å². The van der Waals surface area contributed by atoms with Crippen LogP contribution in [0.5, 0.6) is 0 Å². The number of nitrogens with two attached hydrogens (primary N) is 1. The minimum Gasteiger partial charge on any atom is -0.366 e. The molecule has 2 rings (SSSR count). The molecule has 0 amide bonds. The highest BCUT2D eigenvalue weighted by molar-refractivity contribution is 5.56. The van der Waals surface area contributed by atoms with E-state index >= 15 is 0 Å². The quantitative estimate of drug-likeness (QED) is 0.583. The van der Waals surface area contributed by atoms with E-state index in [9.17, 15) is 8.78 Å². The van der Waals surface area contributed by atoms with Gasteiger partial charge in [0.1, 0.15) is 17.5 Å². The number of rotatable bonds is 5. The predicted molar refractivity (Wildman–Crippen MR) is 77.6 cm³/mol. The van der Waals surface area contributed by atoms with Crippen molar-refractivity contribution < 1.29 is 8.78 Å². The van der Waals surface area contributed by atoms with Crippen molar-refractivity contribution >= 4 is 11.6 Å². The van der Waals surface area contributed by atoms with Crippen LogP contribution in [0.2, 0.25) is 0 Å². The van der Waals surface area contributed by atoms with Crippen molar-refractivity contribution in [3.05, 3.63) is 46.8 Å². The molecule has 0 spiro atoms. The molecule has 7 heteroatoms. The minimum atomic E-state index is -0.868. The topological polar surface area (TPSA) is 75.9 Å². The van der Waals surface area contributed by atoms with Gasteiger partial charge in [0.05, 0.1) is 0 Å². The maximum absolute atomic E-state index is 13.2. The summed E-state index contributed by atoms with van der Waals surface area (Å²) in [6.45, 7) is 4.08. The van der Waals surface area contributed by atoms with Crippen LogP contribution in [0.1, 0.15) is 23.9 Å². The number of hydrogen-bond donors (Lipinski definition) is 3. The number of nitrogen functional groups attached to an aromatic ring is 1. The van der Waals surface area contributed by atoms with Crippen LogP contribution < -0.4 is 16.6 Å². The number of hydrogen-bond acceptors (Lipinski definition) is 5. The Bertz CT molecular complexity index is 646. The van der Waals surface area contributed by atoms with Gasteiger partial charge in [-0.1, -0.05) is 13.0 Å². The summed E-state index contributed by atoms with van der Waals surface area (Å²) in [5.41, 5.74) is 3.90. The zero-order valence-electron chi connectivity index (χ0n) is 11.9. The van der Waals surface area contributed by atoms with Gasteiger partial charge in [-0.3, -0.25) is 0 Å². The first kappa shape index (κ1) is 15.1. The molecule has 0 saturated heterocycles. The molecule has 1 heterocycles. The Morgan fingerprint density at radius 1 is 1.14 bits per heavy atom. The van der Waals surface area contributed by atoms with E-state index in [-0.39, 0.29) is 0 Å². The number of aromatic nitrogens is 2. The summed E-state index contributed by atoms with van der Waals surface area (Å²) in [5.74, 6) is 5.49. The lowest BCUT2D eigenvalue weighted by molar-refractivity contribution is 0.507. The maximum atomic E-state index is 13.2. The third kappa shape index (κ3) is 3.43. The van der Waals surface area contributed by atoms with Gasteiger partial charge in [0.15, 0.2) is 11.6 Å². The Hall–Kier alpha value is -2.28. The van der Waals surface area contributed by atoms with Crippen LogP contribution >= 0.6 is 0 Å². The maximum Gasteiger partial charge on any atom is 0.159 e. The summed E-state index contributed by atoms with van der Waals surface area (Å²) in [6.07, 6.45) is 0.662. The molecule has 0 aliphatic rings. The van der Waals surface area contributed by atoms with E-state index < -0.39 is 11.6 Å². The fraction of sp³-hybridized carbons (Fsp3) is 0.286. The van der Waals surface area contributed by atoms with Crippen LogP contribution in [-0.2, 0) is 13.0 Å². The lowest BCUT2D eigenvalue weighted by Gasteiger charge is -2.13. The molecular formula is C14H17F2N5. The number of hydrazine groups is 1. The van der Waals surface area contributed by atoms with E-state index in [2.05, 4.69) is 20.7 Å². The second-order valence-electron chi connectivity index (χ2n) is 4.56. The number of aryl methyl sites for hydroxylation is 1. The van der Waals surface area contributed by atoms with Crippen LogP contribution in [0.15, 0.2) is 18.2 Å². The minimum absolute atomic E-state index is 0.322. The van der Waals surface area contributed by atoms with Crippen LogP contribution in [0.3, 0.4) is 0 Å². The summed E-state index contributed by atoms with van der Waals surface area (Å²) in [4.78, 5) is 8.62. The van der Waals surface area contributed by atoms with E-state index in [1.54, 1.807) is 0 Å². The van der Waals surface area contributed by atoms with Crippen molar-refractivity contribution in [1.82, 2.24) is 9.97 Å². The Morgan fingerprint density at radius 3 is 2.48 bits per heavy atom. The molecule has 1 aromatic carbocycles. The SMILES string of the molecule is CCc1nc(NN)c(C)c(NCc2ccc(F)c(F)c2)n1. The molecule has 5 nitrogen and oxygen atoms in total. The molecule has 0 aliphatic heterocycles. The average Bonchev–Trinajstić information content (AvgIpc) is 2.49. The normalized spacial score (nSPS) is 10.5. The molecule has 1 aromatic heterocycles. The highest BCUT2D eigenvalue weighted by atomic mass is 19.2. The number of nitrogens with one attached hydrogen (secondary N) is 2. The van der Waals surface area contributed by atoms with Crippen molar-refractivity contribution in [3.8, 4) is 0 Å². The molecule has 4 N–H and O–H groups in total. The molecule has 0 atom stereocenters. The Morgan fingerprint density at radius 2 is 1.86 bits per heavy atom. The Labute approximate surface area is 121 Å². The van der Waals surface area contributed by atoms with Gasteiger partial charge in [0.2, 0.25) is 0 Å². The molecule has 2 aromatic rings. The van der Waals surface area contributed by atoms with Crippen LogP contribution in [-0.4, -0.2) is 9.97 Å². The summed E-state index contributed by atoms with van der Waals surface area (Å²) in [7, 11) is 0. The van der Waals surface area contributed by atoms with E-state index in [0.717, 1.165) is 17.7 Å². The summed E-state index contributed by atoms with van der Waals surface area (Å²) >= 11 is 0. The van der Waals surface area contributed by atoms with Crippen LogP contribution in [0, 0.1) is 18.6 Å². The van der Waals surface area contributed by atoms with Crippen LogP contribution in [0.4, 0.5) is 20.4 Å². The number of halogens is 2. The van der Waals surface area contributed by atoms with Gasteiger partial charge in [-0.25, -0.2) is 24.6 Å². The lowest BCUT2D eigenvalue weighted by Crippen LogP contribution is -2.14. The standard InChI is InChI=1S/C14H17F2N5/c1-3-12-19-13(8(2)14(20-12)21-17)18-7-9-4-5-10(15)11(16)6-9/h4-6H,3,7,17H2,1-2H3,(H2,18,19,20,21). The molecule has 0 radical (unpaired) electrons. The Kier molecular flexibility index (Phi) is 4.64. The monoisotopic (exact) mass is 293 g/mol. The third-order valence-electron chi connectivity index (χ3n) is 3.09. The summed E-state index contributed by atoms with van der Waals surface area (Å²) in [6, 6.07) is 3.77. The third-order valence-corrected chi connectivity index (χ3v) is 3.09. The highest BCUT2D eigenvalue weighted by Gasteiger charge is 2.10. The average molecular weight is 293 g/mol. The predicted octanol–water partition coefficient (Wildman–Crippen LogP) is 2.52. The van der Waals surface area contributed by atoms with E-state index in [4.69, 9.17) is 5.84 Å². The zero-order chi connectivity index (χ0) is 15.4. The largest absolute Gasteiger partial charge is 0.366 e. The summed E-state index contributed by atoms with van der Waals surface area (Å²) in [5, 5.41) is 3.09. The first-order valence-electron chi connectivity index (χ1n) is 6.57. The fourth-order valence-corrected chi connectivity index (χ4v) is 1.87. The summed E-state index contributed by atoms with van der Waals surface area (Å²) < 4.78 is 26.1. The molecule has 112 valence electrons. The molecule has 0 unspecified atom stereocenters. The molecule has 21 heavy (non-hydrogen) atoms. The molecule has 0 bridgehead atoms. The molecule has 0 aliphatic carbocycles. The van der Waals surface area contributed by atoms with E-state index in [1.165, 1.54) is 6.07 Å². The first-order valence-corrected chi connectivity index (χ1v) is 6.57.